The number of hydrogen-bond acceptors (Lipinski definition) is 5. The van der Waals surface area contributed by atoms with Crippen LogP contribution in [0.15, 0.2) is 16.3 Å². The molecule has 0 aliphatic carbocycles. The van der Waals surface area contributed by atoms with Gasteiger partial charge in [-0.05, 0) is 6.92 Å². The second-order valence-electron chi connectivity index (χ2n) is 3.16. The second-order valence-corrected chi connectivity index (χ2v) is 3.16. The Labute approximate surface area is 91.2 Å². The number of aliphatic imine (C=N–C) groups is 1. The highest BCUT2D eigenvalue weighted by atomic mass is 16.6. The van der Waals surface area contributed by atoms with Crippen LogP contribution in [0.3, 0.4) is 0 Å². The fraction of sp³-hybridized carbons (Fsp3) is 0.444. The van der Waals surface area contributed by atoms with Crippen molar-refractivity contribution in [3.63, 3.8) is 0 Å². The lowest BCUT2D eigenvalue weighted by Crippen LogP contribution is -2.28. The maximum absolute atomic E-state index is 11.4. The number of rotatable bonds is 3. The van der Waals surface area contributed by atoms with Crippen LogP contribution in [0, 0.1) is 27.4 Å². The Balaban J connectivity index is 3.35. The van der Waals surface area contributed by atoms with E-state index in [9.17, 15) is 14.9 Å². The van der Waals surface area contributed by atoms with Gasteiger partial charge in [0.1, 0.15) is 5.71 Å². The lowest BCUT2D eigenvalue weighted by molar-refractivity contribution is -0.417. The van der Waals surface area contributed by atoms with Gasteiger partial charge in [-0.1, -0.05) is 0 Å². The molecule has 0 saturated carbocycles. The number of carbonyl (C=O) groups is 1. The normalized spacial score (nSPS) is 20.4. The van der Waals surface area contributed by atoms with Gasteiger partial charge in [-0.3, -0.25) is 14.9 Å². The number of dihydropyridines is 1. The molecule has 1 heterocycles. The molecule has 84 valence electrons. The van der Waals surface area contributed by atoms with E-state index in [1.807, 2.05) is 0 Å². The van der Waals surface area contributed by atoms with Crippen molar-refractivity contribution in [1.29, 1.82) is 5.26 Å². The molecular formula is C9H9N3O4. The van der Waals surface area contributed by atoms with Crippen molar-refractivity contribution in [3.8, 4) is 6.07 Å². The van der Waals surface area contributed by atoms with Gasteiger partial charge in [-0.2, -0.15) is 5.26 Å². The molecule has 16 heavy (non-hydrogen) atoms. The minimum atomic E-state index is -1.22. The number of carbonyl (C=O) groups excluding carboxylic acids is 1. The number of allylic oxidation sites excluding steroid dienone is 1. The Morgan fingerprint density at radius 1 is 1.69 bits per heavy atom. The van der Waals surface area contributed by atoms with Crippen molar-refractivity contribution in [1.82, 2.24) is 0 Å². The summed E-state index contributed by atoms with van der Waals surface area (Å²) in [5.74, 6) is -1.90. The third kappa shape index (κ3) is 1.97. The molecule has 0 saturated heterocycles. The lowest BCUT2D eigenvalue weighted by atomic mass is 9.94. The van der Waals surface area contributed by atoms with Gasteiger partial charge in [0, 0.05) is 7.11 Å². The minimum absolute atomic E-state index is 0.00792. The molecule has 0 radical (unpaired) electrons. The number of nitro groups is 1. The number of hydrogen-bond donors (Lipinski definition) is 0. The average molecular weight is 223 g/mol. The molecule has 0 spiro atoms. The fourth-order valence-corrected chi connectivity index (χ4v) is 1.49. The van der Waals surface area contributed by atoms with Crippen molar-refractivity contribution < 1.29 is 14.5 Å². The molecule has 1 atom stereocenters. The lowest BCUT2D eigenvalue weighted by Gasteiger charge is -2.15. The first kappa shape index (κ1) is 12.0. The molecule has 0 aromatic rings. The molecule has 0 N–H and O–H groups in total. The van der Waals surface area contributed by atoms with Gasteiger partial charge in [0.2, 0.25) is 0 Å². The maximum Gasteiger partial charge on any atom is 0.293 e. The number of nitrogens with zero attached hydrogens (tertiary/aromatic N) is 3. The second kappa shape index (κ2) is 4.63. The molecule has 7 heteroatoms. The van der Waals surface area contributed by atoms with Gasteiger partial charge in [0.25, 0.3) is 11.6 Å². The van der Waals surface area contributed by atoms with Gasteiger partial charge >= 0.3 is 0 Å². The Kier molecular flexibility index (Phi) is 3.48. The first-order chi connectivity index (χ1) is 7.52. The molecule has 1 rings (SSSR count). The van der Waals surface area contributed by atoms with E-state index in [0.717, 1.165) is 0 Å². The summed E-state index contributed by atoms with van der Waals surface area (Å²) >= 11 is 0. The van der Waals surface area contributed by atoms with Crippen molar-refractivity contribution >= 4 is 11.6 Å². The number of ether oxygens (including phenoxy) is 1. The Bertz CT molecular complexity index is 444. The molecule has 1 aliphatic rings. The van der Waals surface area contributed by atoms with E-state index in [1.54, 1.807) is 6.07 Å². The van der Waals surface area contributed by atoms with Crippen LogP contribution in [-0.4, -0.2) is 30.3 Å². The van der Waals surface area contributed by atoms with Crippen LogP contribution in [0.4, 0.5) is 0 Å². The zero-order valence-corrected chi connectivity index (χ0v) is 8.76. The largest absolute Gasteiger partial charge is 0.380 e. The van der Waals surface area contributed by atoms with Crippen molar-refractivity contribution in [2.45, 2.75) is 6.92 Å². The molecule has 0 bridgehead atoms. The molecule has 1 amide bonds. The Morgan fingerprint density at radius 3 is 2.75 bits per heavy atom. The summed E-state index contributed by atoms with van der Waals surface area (Å²) in [6, 6.07) is 1.70. The summed E-state index contributed by atoms with van der Waals surface area (Å²) in [4.78, 5) is 25.0. The van der Waals surface area contributed by atoms with E-state index < -0.39 is 16.7 Å². The van der Waals surface area contributed by atoms with Gasteiger partial charge in [0.15, 0.2) is 5.92 Å². The van der Waals surface area contributed by atoms with Gasteiger partial charge in [-0.15, -0.1) is 0 Å². The topological polar surface area (TPSA) is 106 Å². The highest BCUT2D eigenvalue weighted by Gasteiger charge is 2.37. The molecule has 0 aromatic carbocycles. The van der Waals surface area contributed by atoms with Crippen LogP contribution in [0.5, 0.6) is 0 Å². The predicted octanol–water partition coefficient (Wildman–Crippen LogP) is 0.304. The van der Waals surface area contributed by atoms with Gasteiger partial charge in [0.05, 0.1) is 23.2 Å². The third-order valence-corrected chi connectivity index (χ3v) is 2.13. The highest BCUT2D eigenvalue weighted by Crippen LogP contribution is 2.23. The molecule has 0 fully saturated rings. The number of methoxy groups -OCH3 is 1. The summed E-state index contributed by atoms with van der Waals surface area (Å²) in [6.07, 6.45) is 0. The third-order valence-electron chi connectivity index (χ3n) is 2.13. The predicted molar refractivity (Wildman–Crippen MR) is 53.1 cm³/mol. The van der Waals surface area contributed by atoms with Gasteiger partial charge in [-0.25, -0.2) is 4.99 Å². The number of amides is 1. The first-order valence-corrected chi connectivity index (χ1v) is 4.38. The zero-order valence-electron chi connectivity index (χ0n) is 8.76. The first-order valence-electron chi connectivity index (χ1n) is 4.38. The van der Waals surface area contributed by atoms with Crippen molar-refractivity contribution in [2.75, 3.05) is 13.7 Å². The summed E-state index contributed by atoms with van der Waals surface area (Å²) < 4.78 is 4.77. The van der Waals surface area contributed by atoms with E-state index in [4.69, 9.17) is 10.00 Å². The van der Waals surface area contributed by atoms with Gasteiger partial charge < -0.3 is 4.74 Å². The fourth-order valence-electron chi connectivity index (χ4n) is 1.49. The van der Waals surface area contributed by atoms with E-state index in [1.165, 1.54) is 14.0 Å². The van der Waals surface area contributed by atoms with Crippen LogP contribution in [0.1, 0.15) is 6.92 Å². The van der Waals surface area contributed by atoms with E-state index >= 15 is 0 Å². The molecular weight excluding hydrogens is 214 g/mol. The van der Waals surface area contributed by atoms with Crippen molar-refractivity contribution in [2.24, 2.45) is 10.9 Å². The van der Waals surface area contributed by atoms with E-state index in [-0.39, 0.29) is 23.6 Å². The summed E-state index contributed by atoms with van der Waals surface area (Å²) in [7, 11) is 1.34. The van der Waals surface area contributed by atoms with Crippen molar-refractivity contribution in [3.05, 3.63) is 21.4 Å². The molecule has 0 aromatic heterocycles. The van der Waals surface area contributed by atoms with E-state index in [0.29, 0.717) is 0 Å². The average Bonchev–Trinajstić information content (AvgIpc) is 2.17. The highest BCUT2D eigenvalue weighted by molar-refractivity contribution is 6.08. The standard InChI is InChI=1S/C9H9N3O4/c1-5-8(12(14)15)7(4-16-2)6(3-10)9(13)11-5/h6H,4H2,1-2H3/t6-/m1/s1. The summed E-state index contributed by atoms with van der Waals surface area (Å²) in [5.41, 5.74) is -0.228. The van der Waals surface area contributed by atoms with E-state index in [2.05, 4.69) is 4.99 Å². The smallest absolute Gasteiger partial charge is 0.293 e. The van der Waals surface area contributed by atoms with Crippen LogP contribution in [-0.2, 0) is 9.53 Å². The Hall–Kier alpha value is -2.07. The maximum atomic E-state index is 11.4. The van der Waals surface area contributed by atoms with Crippen LogP contribution >= 0.6 is 0 Å². The molecule has 1 aliphatic heterocycles. The zero-order chi connectivity index (χ0) is 12.3. The number of nitriles is 1. The summed E-state index contributed by atoms with van der Waals surface area (Å²) in [6.45, 7) is 1.23. The summed E-state index contributed by atoms with van der Waals surface area (Å²) in [5, 5.41) is 19.6. The molecule has 0 unspecified atom stereocenters. The molecule has 7 nitrogen and oxygen atoms in total. The quantitative estimate of drug-likeness (QED) is 0.505. The SMILES string of the molecule is COCC1=C([N+](=O)[O-])C(C)=NC(=O)[C@@H]1C#N. The Morgan fingerprint density at radius 2 is 2.31 bits per heavy atom. The minimum Gasteiger partial charge on any atom is -0.380 e. The monoisotopic (exact) mass is 223 g/mol. The van der Waals surface area contributed by atoms with Crippen LogP contribution in [0.25, 0.3) is 0 Å². The van der Waals surface area contributed by atoms with Crippen LogP contribution < -0.4 is 0 Å². The van der Waals surface area contributed by atoms with Crippen LogP contribution in [0.2, 0.25) is 0 Å².